The molecule has 28 heavy (non-hydrogen) atoms. The number of halogens is 5. The number of nitrogens with zero attached hydrogens (tertiary/aromatic N) is 1. The Morgan fingerprint density at radius 3 is 2.64 bits per heavy atom. The van der Waals surface area contributed by atoms with E-state index < -0.39 is 11.7 Å². The van der Waals surface area contributed by atoms with Gasteiger partial charge in [-0.1, -0.05) is 35.3 Å². The second-order valence-electron chi connectivity index (χ2n) is 6.65. The minimum Gasteiger partial charge on any atom is -0.372 e. The summed E-state index contributed by atoms with van der Waals surface area (Å²) in [6.45, 7) is 1.02. The van der Waals surface area contributed by atoms with Gasteiger partial charge in [-0.15, -0.1) is 0 Å². The van der Waals surface area contributed by atoms with Crippen LogP contribution in [0.5, 0.6) is 0 Å². The molecule has 1 fully saturated rings. The molecule has 0 aromatic heterocycles. The summed E-state index contributed by atoms with van der Waals surface area (Å²) in [4.78, 5) is 14.3. The first-order valence-electron chi connectivity index (χ1n) is 8.76. The number of amides is 1. The number of alkyl halides is 3. The van der Waals surface area contributed by atoms with Gasteiger partial charge >= 0.3 is 6.18 Å². The van der Waals surface area contributed by atoms with E-state index in [1.165, 1.54) is 12.1 Å². The average molecular weight is 432 g/mol. The Labute approximate surface area is 171 Å². The predicted octanol–water partition coefficient (Wildman–Crippen LogP) is 5.83. The lowest BCUT2D eigenvalue weighted by Crippen LogP contribution is -2.43. The molecule has 1 aliphatic rings. The van der Waals surface area contributed by atoms with E-state index in [-0.39, 0.29) is 18.6 Å². The van der Waals surface area contributed by atoms with E-state index in [2.05, 4.69) is 0 Å². The first-order chi connectivity index (χ1) is 13.2. The molecule has 0 N–H and O–H groups in total. The molecule has 0 bridgehead atoms. The summed E-state index contributed by atoms with van der Waals surface area (Å²) < 4.78 is 44.2. The SMILES string of the molecule is O=C(c1ccc(Cl)c(Cl)c1)N1CCC[C@@H](OCc2cccc(C(F)(F)F)c2)C1. The zero-order valence-electron chi connectivity index (χ0n) is 14.8. The molecule has 0 saturated carbocycles. The standard InChI is InChI=1S/C20H18Cl2F3NO2/c21-17-7-6-14(10-18(17)22)19(27)26-8-2-5-16(11-26)28-12-13-3-1-4-15(9-13)20(23,24)25/h1,3-4,6-7,9-10,16H,2,5,8,11-12H2/t16-/m1/s1. The van der Waals surface area contributed by atoms with Gasteiger partial charge in [-0.05, 0) is 48.7 Å². The van der Waals surface area contributed by atoms with E-state index in [4.69, 9.17) is 27.9 Å². The van der Waals surface area contributed by atoms with Crippen LogP contribution >= 0.6 is 23.2 Å². The fourth-order valence-corrected chi connectivity index (χ4v) is 3.42. The molecular formula is C20H18Cl2F3NO2. The van der Waals surface area contributed by atoms with Crippen LogP contribution in [0.25, 0.3) is 0 Å². The largest absolute Gasteiger partial charge is 0.416 e. The second-order valence-corrected chi connectivity index (χ2v) is 7.47. The molecule has 0 radical (unpaired) electrons. The minimum atomic E-state index is -4.38. The summed E-state index contributed by atoms with van der Waals surface area (Å²) in [5, 5.41) is 0.682. The van der Waals surface area contributed by atoms with Gasteiger partial charge in [0, 0.05) is 18.7 Å². The third-order valence-electron chi connectivity index (χ3n) is 4.57. The van der Waals surface area contributed by atoms with Crippen molar-refractivity contribution in [3.8, 4) is 0 Å². The van der Waals surface area contributed by atoms with Crippen molar-refractivity contribution in [1.82, 2.24) is 4.90 Å². The Kier molecular flexibility index (Phi) is 6.53. The molecule has 2 aromatic carbocycles. The molecule has 1 saturated heterocycles. The van der Waals surface area contributed by atoms with E-state index >= 15 is 0 Å². The summed E-state index contributed by atoms with van der Waals surface area (Å²) in [5.74, 6) is -0.175. The van der Waals surface area contributed by atoms with Crippen LogP contribution in [0.1, 0.15) is 34.3 Å². The van der Waals surface area contributed by atoms with Gasteiger partial charge in [0.15, 0.2) is 0 Å². The Morgan fingerprint density at radius 2 is 1.93 bits per heavy atom. The van der Waals surface area contributed by atoms with Crippen LogP contribution in [0.2, 0.25) is 10.0 Å². The molecular weight excluding hydrogens is 414 g/mol. The lowest BCUT2D eigenvalue weighted by molar-refractivity contribution is -0.137. The number of carbonyl (C=O) groups excluding carboxylic acids is 1. The van der Waals surface area contributed by atoms with Gasteiger partial charge in [0.05, 0.1) is 28.3 Å². The predicted molar refractivity (Wildman–Crippen MR) is 102 cm³/mol. The molecule has 1 heterocycles. The summed E-state index contributed by atoms with van der Waals surface area (Å²) >= 11 is 11.9. The van der Waals surface area contributed by atoms with Gasteiger partial charge in [-0.2, -0.15) is 13.2 Å². The molecule has 0 aliphatic carbocycles. The number of hydrogen-bond acceptors (Lipinski definition) is 2. The van der Waals surface area contributed by atoms with Gasteiger partial charge in [0.2, 0.25) is 0 Å². The molecule has 1 aliphatic heterocycles. The fourth-order valence-electron chi connectivity index (χ4n) is 3.12. The third-order valence-corrected chi connectivity index (χ3v) is 5.31. The van der Waals surface area contributed by atoms with E-state index in [9.17, 15) is 18.0 Å². The van der Waals surface area contributed by atoms with Crippen LogP contribution in [0, 0.1) is 0 Å². The number of rotatable bonds is 4. The molecule has 0 spiro atoms. The van der Waals surface area contributed by atoms with E-state index in [0.717, 1.165) is 25.0 Å². The summed E-state index contributed by atoms with van der Waals surface area (Å²) in [6, 6.07) is 9.79. The first kappa shape index (κ1) is 21.0. The lowest BCUT2D eigenvalue weighted by atomic mass is 10.1. The Balaban J connectivity index is 1.61. The summed E-state index contributed by atoms with van der Waals surface area (Å²) in [5.41, 5.74) is 0.185. The normalized spacial score (nSPS) is 17.6. The van der Waals surface area contributed by atoms with E-state index in [1.807, 2.05) is 0 Å². The van der Waals surface area contributed by atoms with Crippen molar-refractivity contribution in [3.05, 3.63) is 69.2 Å². The maximum absolute atomic E-state index is 12.8. The monoisotopic (exact) mass is 431 g/mol. The lowest BCUT2D eigenvalue weighted by Gasteiger charge is -2.33. The molecule has 150 valence electrons. The number of carbonyl (C=O) groups is 1. The van der Waals surface area contributed by atoms with Crippen LogP contribution in [0.3, 0.4) is 0 Å². The van der Waals surface area contributed by atoms with Gasteiger partial charge in [0.25, 0.3) is 5.91 Å². The highest BCUT2D eigenvalue weighted by Crippen LogP contribution is 2.30. The minimum absolute atomic E-state index is 0.0589. The smallest absolute Gasteiger partial charge is 0.372 e. The molecule has 3 rings (SSSR count). The number of benzene rings is 2. The zero-order valence-corrected chi connectivity index (χ0v) is 16.3. The fraction of sp³-hybridized carbons (Fsp3) is 0.350. The van der Waals surface area contributed by atoms with Crippen LogP contribution < -0.4 is 0 Å². The van der Waals surface area contributed by atoms with Crippen LogP contribution in [0.4, 0.5) is 13.2 Å². The quantitative estimate of drug-likeness (QED) is 0.608. The van der Waals surface area contributed by atoms with Crippen LogP contribution in [-0.2, 0) is 17.5 Å². The van der Waals surface area contributed by atoms with Gasteiger partial charge in [-0.25, -0.2) is 0 Å². The van der Waals surface area contributed by atoms with Gasteiger partial charge < -0.3 is 9.64 Å². The van der Waals surface area contributed by atoms with Crippen molar-refractivity contribution >= 4 is 29.1 Å². The van der Waals surface area contributed by atoms with E-state index in [0.29, 0.717) is 34.3 Å². The maximum Gasteiger partial charge on any atom is 0.416 e. The summed E-state index contributed by atoms with van der Waals surface area (Å²) in [6.07, 6.45) is -3.14. The van der Waals surface area contributed by atoms with Crippen molar-refractivity contribution in [1.29, 1.82) is 0 Å². The van der Waals surface area contributed by atoms with Gasteiger partial charge in [0.1, 0.15) is 0 Å². The second kappa shape index (κ2) is 8.72. The van der Waals surface area contributed by atoms with Crippen molar-refractivity contribution in [3.63, 3.8) is 0 Å². The number of likely N-dealkylation sites (tertiary alicyclic amines) is 1. The molecule has 8 heteroatoms. The number of ether oxygens (including phenoxy) is 1. The Bertz CT molecular complexity index is 858. The highest BCUT2D eigenvalue weighted by atomic mass is 35.5. The molecule has 1 atom stereocenters. The number of piperidine rings is 1. The van der Waals surface area contributed by atoms with Crippen molar-refractivity contribution in [2.45, 2.75) is 31.7 Å². The zero-order chi connectivity index (χ0) is 20.3. The van der Waals surface area contributed by atoms with Gasteiger partial charge in [-0.3, -0.25) is 4.79 Å². The topological polar surface area (TPSA) is 29.5 Å². The molecule has 1 amide bonds. The van der Waals surface area contributed by atoms with Crippen molar-refractivity contribution in [2.75, 3.05) is 13.1 Å². The summed E-state index contributed by atoms with van der Waals surface area (Å²) in [7, 11) is 0. The van der Waals surface area contributed by atoms with Crippen molar-refractivity contribution < 1.29 is 22.7 Å². The Hall–Kier alpha value is -1.76. The third kappa shape index (κ3) is 5.19. The maximum atomic E-state index is 12.8. The average Bonchev–Trinajstić information content (AvgIpc) is 2.68. The molecule has 2 aromatic rings. The van der Waals surface area contributed by atoms with E-state index in [1.54, 1.807) is 23.1 Å². The highest BCUT2D eigenvalue weighted by molar-refractivity contribution is 6.42. The first-order valence-corrected chi connectivity index (χ1v) is 9.51. The highest BCUT2D eigenvalue weighted by Gasteiger charge is 2.30. The number of hydrogen-bond donors (Lipinski definition) is 0. The van der Waals surface area contributed by atoms with Crippen LogP contribution in [-0.4, -0.2) is 30.0 Å². The molecule has 0 unspecified atom stereocenters. The Morgan fingerprint density at radius 1 is 1.14 bits per heavy atom. The van der Waals surface area contributed by atoms with Crippen LogP contribution in [0.15, 0.2) is 42.5 Å². The van der Waals surface area contributed by atoms with Crippen molar-refractivity contribution in [2.24, 2.45) is 0 Å². The molecule has 3 nitrogen and oxygen atoms in total.